The van der Waals surface area contributed by atoms with Crippen molar-refractivity contribution >= 4 is 10.8 Å². The highest BCUT2D eigenvalue weighted by atomic mass is 32.2. The Morgan fingerprint density at radius 1 is 1.62 bits per heavy atom. The van der Waals surface area contributed by atoms with Gasteiger partial charge in [-0.2, -0.15) is 0 Å². The van der Waals surface area contributed by atoms with Crippen LogP contribution in [0.15, 0.2) is 12.3 Å². The Morgan fingerprint density at radius 2 is 2.46 bits per heavy atom. The van der Waals surface area contributed by atoms with Gasteiger partial charge >= 0.3 is 0 Å². The summed E-state index contributed by atoms with van der Waals surface area (Å²) in [6.07, 6.45) is 7.01. The van der Waals surface area contributed by atoms with Crippen molar-refractivity contribution in [3.63, 3.8) is 0 Å². The van der Waals surface area contributed by atoms with Gasteiger partial charge in [-0.05, 0) is 32.1 Å². The molecule has 1 heterocycles. The van der Waals surface area contributed by atoms with Crippen LogP contribution in [0.3, 0.4) is 0 Å². The van der Waals surface area contributed by atoms with Gasteiger partial charge in [0, 0.05) is 22.3 Å². The average molecular weight is 202 g/mol. The van der Waals surface area contributed by atoms with Crippen molar-refractivity contribution in [1.29, 1.82) is 0 Å². The van der Waals surface area contributed by atoms with Crippen molar-refractivity contribution in [3.05, 3.63) is 12.3 Å². The van der Waals surface area contributed by atoms with Gasteiger partial charge in [0.25, 0.3) is 0 Å². The maximum absolute atomic E-state index is 11.2. The maximum atomic E-state index is 11.2. The van der Waals surface area contributed by atoms with E-state index in [0.29, 0.717) is 5.92 Å². The molecule has 1 fully saturated rings. The highest BCUT2D eigenvalue weighted by Crippen LogP contribution is 2.18. The summed E-state index contributed by atoms with van der Waals surface area (Å²) < 4.78 is 16.5. The fourth-order valence-electron chi connectivity index (χ4n) is 1.59. The van der Waals surface area contributed by atoms with E-state index in [2.05, 4.69) is 0 Å². The molecule has 0 spiro atoms. The van der Waals surface area contributed by atoms with Crippen LogP contribution < -0.4 is 0 Å². The third-order valence-electron chi connectivity index (χ3n) is 2.28. The molecule has 0 N–H and O–H groups in total. The van der Waals surface area contributed by atoms with Gasteiger partial charge in [-0.3, -0.25) is 4.21 Å². The largest absolute Gasteiger partial charge is 0.502 e. The van der Waals surface area contributed by atoms with Crippen molar-refractivity contribution in [2.24, 2.45) is 5.92 Å². The number of rotatable bonds is 4. The van der Waals surface area contributed by atoms with Gasteiger partial charge in [-0.15, -0.1) is 0 Å². The molecule has 0 bridgehead atoms. The summed E-state index contributed by atoms with van der Waals surface area (Å²) in [6.45, 7) is 2.71. The predicted octanol–water partition coefficient (Wildman–Crippen LogP) is 2.09. The van der Waals surface area contributed by atoms with Crippen LogP contribution in [-0.4, -0.2) is 22.3 Å². The molecular weight excluding hydrogens is 184 g/mol. The quantitative estimate of drug-likeness (QED) is 0.515. The molecule has 76 valence electrons. The number of hydrogen-bond donors (Lipinski definition) is 0. The molecule has 2 nitrogen and oxygen atoms in total. The monoisotopic (exact) mass is 202 g/mol. The van der Waals surface area contributed by atoms with Crippen LogP contribution in [0.5, 0.6) is 0 Å². The highest BCUT2D eigenvalue weighted by Gasteiger charge is 2.17. The Hall–Kier alpha value is -0.310. The lowest BCUT2D eigenvalue weighted by Crippen LogP contribution is -2.21. The number of allylic oxidation sites excluding steroid dienone is 1. The molecular formula is C10H18O2S. The van der Waals surface area contributed by atoms with Crippen LogP contribution in [-0.2, 0) is 15.5 Å². The molecule has 0 amide bonds. The molecule has 3 heteroatoms. The van der Waals surface area contributed by atoms with Crippen LogP contribution >= 0.6 is 0 Å². The lowest BCUT2D eigenvalue weighted by atomic mass is 10.0. The third kappa shape index (κ3) is 4.46. The summed E-state index contributed by atoms with van der Waals surface area (Å²) in [4.78, 5) is 0. The molecule has 13 heavy (non-hydrogen) atoms. The van der Waals surface area contributed by atoms with E-state index in [1.807, 2.05) is 13.0 Å². The molecule has 0 aliphatic carbocycles. The van der Waals surface area contributed by atoms with Crippen LogP contribution in [0.1, 0.15) is 26.2 Å². The second kappa shape index (κ2) is 6.19. The van der Waals surface area contributed by atoms with E-state index >= 15 is 0 Å². The van der Waals surface area contributed by atoms with E-state index in [9.17, 15) is 4.21 Å². The summed E-state index contributed by atoms with van der Waals surface area (Å²) in [5, 5.41) is 0. The van der Waals surface area contributed by atoms with Gasteiger partial charge in [-0.1, -0.05) is 6.08 Å². The first-order chi connectivity index (χ1) is 6.33. The molecule has 0 aromatic rings. The molecule has 0 saturated carbocycles. The first-order valence-electron chi connectivity index (χ1n) is 4.90. The van der Waals surface area contributed by atoms with Gasteiger partial charge in [0.05, 0.1) is 12.9 Å². The first-order valence-corrected chi connectivity index (χ1v) is 6.39. The Labute approximate surface area is 82.8 Å². The Morgan fingerprint density at radius 3 is 3.15 bits per heavy atom. The number of hydrogen-bond acceptors (Lipinski definition) is 2. The molecule has 1 aliphatic heterocycles. The van der Waals surface area contributed by atoms with Crippen LogP contribution in [0.4, 0.5) is 0 Å². The highest BCUT2D eigenvalue weighted by molar-refractivity contribution is 7.85. The van der Waals surface area contributed by atoms with Crippen molar-refractivity contribution in [2.75, 3.05) is 18.1 Å². The first kappa shape index (κ1) is 10.8. The maximum Gasteiger partial charge on any atom is 0.0876 e. The summed E-state index contributed by atoms with van der Waals surface area (Å²) in [7, 11) is -0.551. The van der Waals surface area contributed by atoms with Crippen molar-refractivity contribution in [1.82, 2.24) is 0 Å². The van der Waals surface area contributed by atoms with E-state index < -0.39 is 10.8 Å². The summed E-state index contributed by atoms with van der Waals surface area (Å²) in [5.41, 5.74) is 0. The van der Waals surface area contributed by atoms with Gasteiger partial charge in [0.2, 0.25) is 0 Å². The molecule has 0 aromatic carbocycles. The second-order valence-corrected chi connectivity index (χ2v) is 5.07. The van der Waals surface area contributed by atoms with Gasteiger partial charge in [0.1, 0.15) is 0 Å². The number of ether oxygens (including phenoxy) is 1. The zero-order valence-electron chi connectivity index (χ0n) is 8.20. The van der Waals surface area contributed by atoms with Crippen LogP contribution in [0.25, 0.3) is 0 Å². The summed E-state index contributed by atoms with van der Waals surface area (Å²) in [5.74, 6) is 2.42. The van der Waals surface area contributed by atoms with Crippen molar-refractivity contribution in [3.8, 4) is 0 Å². The zero-order valence-corrected chi connectivity index (χ0v) is 9.02. The van der Waals surface area contributed by atoms with E-state index in [1.54, 1.807) is 6.26 Å². The molecule has 2 unspecified atom stereocenters. The molecule has 2 atom stereocenters. The Bertz CT molecular complexity index is 189. The molecule has 1 aliphatic rings. The summed E-state index contributed by atoms with van der Waals surface area (Å²) >= 11 is 0. The van der Waals surface area contributed by atoms with Crippen LogP contribution in [0, 0.1) is 5.92 Å². The lowest BCUT2D eigenvalue weighted by Gasteiger charge is -2.20. The molecule has 0 aromatic heterocycles. The smallest absolute Gasteiger partial charge is 0.0876 e. The Kier molecular flexibility index (Phi) is 5.13. The standard InChI is InChI=1S/C10H18O2S/c1-2-6-12-7-5-10-4-3-8-13(11)9-10/h2,6,10H,3-5,7-9H2,1H3/b6-2+. The molecule has 0 radical (unpaired) electrons. The minimum atomic E-state index is -0.551. The van der Waals surface area contributed by atoms with E-state index in [4.69, 9.17) is 4.74 Å². The molecule has 1 saturated heterocycles. The summed E-state index contributed by atoms with van der Waals surface area (Å²) in [6, 6.07) is 0. The van der Waals surface area contributed by atoms with Crippen LogP contribution in [0.2, 0.25) is 0 Å². The van der Waals surface area contributed by atoms with Gasteiger partial charge < -0.3 is 4.74 Å². The van der Waals surface area contributed by atoms with E-state index in [0.717, 1.165) is 31.0 Å². The van der Waals surface area contributed by atoms with E-state index in [1.165, 1.54) is 6.42 Å². The van der Waals surface area contributed by atoms with Crippen molar-refractivity contribution in [2.45, 2.75) is 26.2 Å². The normalized spacial score (nSPS) is 29.3. The van der Waals surface area contributed by atoms with Gasteiger partial charge in [0.15, 0.2) is 0 Å². The predicted molar refractivity (Wildman–Crippen MR) is 56.0 cm³/mol. The fourth-order valence-corrected chi connectivity index (χ4v) is 3.10. The minimum Gasteiger partial charge on any atom is -0.502 e. The zero-order chi connectivity index (χ0) is 9.52. The molecule has 1 rings (SSSR count). The topological polar surface area (TPSA) is 26.3 Å². The SMILES string of the molecule is C/C=C/OCCC1CCCS(=O)C1. The lowest BCUT2D eigenvalue weighted by molar-refractivity contribution is 0.222. The third-order valence-corrected chi connectivity index (χ3v) is 3.87. The average Bonchev–Trinajstić information content (AvgIpc) is 2.13. The second-order valence-electron chi connectivity index (χ2n) is 3.45. The van der Waals surface area contributed by atoms with E-state index in [-0.39, 0.29) is 0 Å². The van der Waals surface area contributed by atoms with Crippen molar-refractivity contribution < 1.29 is 8.95 Å². The minimum absolute atomic E-state index is 0.551. The Balaban J connectivity index is 2.10. The fraction of sp³-hybridized carbons (Fsp3) is 0.800. The van der Waals surface area contributed by atoms with Gasteiger partial charge in [-0.25, -0.2) is 0 Å².